The molecule has 0 amide bonds. The predicted octanol–water partition coefficient (Wildman–Crippen LogP) is 8.47. The smallest absolute Gasteiger partial charge is 0.282 e. The topological polar surface area (TPSA) is 56.5 Å². The van der Waals surface area contributed by atoms with Crippen molar-refractivity contribution in [1.29, 1.82) is 0 Å². The third-order valence-electron chi connectivity index (χ3n) is 5.09. The molecule has 35 heavy (non-hydrogen) atoms. The van der Waals surface area contributed by atoms with E-state index in [0.717, 1.165) is 10.0 Å². The molecule has 0 aliphatic rings. The van der Waals surface area contributed by atoms with Gasteiger partial charge in [0, 0.05) is 36.6 Å². The zero-order chi connectivity index (χ0) is 25.3. The molecule has 5 nitrogen and oxygen atoms in total. The van der Waals surface area contributed by atoms with Crippen LogP contribution >= 0.6 is 66.7 Å². The Labute approximate surface area is 233 Å². The van der Waals surface area contributed by atoms with Crippen molar-refractivity contribution in [1.82, 2.24) is 9.66 Å². The SMILES string of the molecule is CC(C)c1nc2ccc(Br)cc2c(=O)n1N=Cc1cc(Cl)cc(Br)c1OCc1ccc(Cl)cc1Cl. The summed E-state index contributed by atoms with van der Waals surface area (Å²) < 4.78 is 8.81. The fourth-order valence-corrected chi connectivity index (χ4v) is 5.16. The number of hydrogen-bond donors (Lipinski definition) is 0. The summed E-state index contributed by atoms with van der Waals surface area (Å²) in [6, 6.07) is 14.0. The number of halogens is 5. The first-order valence-electron chi connectivity index (χ1n) is 10.5. The van der Waals surface area contributed by atoms with Crippen LogP contribution in [0.25, 0.3) is 10.9 Å². The van der Waals surface area contributed by atoms with Crippen molar-refractivity contribution < 1.29 is 4.74 Å². The van der Waals surface area contributed by atoms with Crippen LogP contribution in [0.3, 0.4) is 0 Å². The Morgan fingerprint density at radius 3 is 2.54 bits per heavy atom. The number of ether oxygens (including phenoxy) is 1. The highest BCUT2D eigenvalue weighted by Gasteiger charge is 2.15. The van der Waals surface area contributed by atoms with Gasteiger partial charge in [-0.15, -0.1) is 0 Å². The molecule has 0 N–H and O–H groups in total. The van der Waals surface area contributed by atoms with E-state index in [9.17, 15) is 4.79 Å². The fraction of sp³-hybridized carbons (Fsp3) is 0.160. The van der Waals surface area contributed by atoms with E-state index in [-0.39, 0.29) is 18.1 Å². The van der Waals surface area contributed by atoms with Crippen molar-refractivity contribution in [2.45, 2.75) is 26.4 Å². The van der Waals surface area contributed by atoms with Crippen LogP contribution in [0, 0.1) is 0 Å². The molecule has 4 aromatic rings. The molecular formula is C25H18Br2Cl3N3O2. The van der Waals surface area contributed by atoms with E-state index in [0.29, 0.717) is 47.6 Å². The lowest BCUT2D eigenvalue weighted by molar-refractivity contribution is 0.304. The van der Waals surface area contributed by atoms with Crippen molar-refractivity contribution in [2.24, 2.45) is 5.10 Å². The van der Waals surface area contributed by atoms with E-state index < -0.39 is 0 Å². The van der Waals surface area contributed by atoms with Crippen molar-refractivity contribution in [3.8, 4) is 5.75 Å². The molecule has 0 aliphatic heterocycles. The molecule has 0 saturated carbocycles. The average molecular weight is 659 g/mol. The molecule has 0 bridgehead atoms. The molecular weight excluding hydrogens is 640 g/mol. The van der Waals surface area contributed by atoms with Gasteiger partial charge in [-0.05, 0) is 58.4 Å². The van der Waals surface area contributed by atoms with E-state index in [1.54, 1.807) is 36.4 Å². The Morgan fingerprint density at radius 1 is 1.06 bits per heavy atom. The first-order valence-corrected chi connectivity index (χ1v) is 13.2. The number of fused-ring (bicyclic) bond motifs is 1. The van der Waals surface area contributed by atoms with Crippen molar-refractivity contribution in [3.05, 3.63) is 99.8 Å². The van der Waals surface area contributed by atoms with Gasteiger partial charge in [0.2, 0.25) is 0 Å². The third-order valence-corrected chi connectivity index (χ3v) is 6.97. The minimum atomic E-state index is -0.271. The molecule has 1 aromatic heterocycles. The van der Waals surface area contributed by atoms with Gasteiger partial charge in [0.05, 0.1) is 21.6 Å². The molecule has 0 unspecified atom stereocenters. The highest BCUT2D eigenvalue weighted by molar-refractivity contribution is 9.10. The van der Waals surface area contributed by atoms with Gasteiger partial charge < -0.3 is 4.74 Å². The second-order valence-electron chi connectivity index (χ2n) is 7.98. The quantitative estimate of drug-likeness (QED) is 0.196. The van der Waals surface area contributed by atoms with Crippen molar-refractivity contribution in [3.63, 3.8) is 0 Å². The monoisotopic (exact) mass is 655 g/mol. The van der Waals surface area contributed by atoms with Crippen LogP contribution in [0.1, 0.15) is 36.7 Å². The number of benzene rings is 3. The second-order valence-corrected chi connectivity index (χ2v) is 11.0. The highest BCUT2D eigenvalue weighted by Crippen LogP contribution is 2.33. The Morgan fingerprint density at radius 2 is 1.83 bits per heavy atom. The van der Waals surface area contributed by atoms with E-state index in [2.05, 4.69) is 41.9 Å². The van der Waals surface area contributed by atoms with Crippen molar-refractivity contribution in [2.75, 3.05) is 0 Å². The summed E-state index contributed by atoms with van der Waals surface area (Å²) >= 11 is 25.5. The van der Waals surface area contributed by atoms with Gasteiger partial charge in [-0.25, -0.2) is 4.98 Å². The van der Waals surface area contributed by atoms with E-state index in [1.165, 1.54) is 10.9 Å². The summed E-state index contributed by atoms with van der Waals surface area (Å²) in [4.78, 5) is 18.0. The molecule has 4 rings (SSSR count). The van der Waals surface area contributed by atoms with Crippen molar-refractivity contribution >= 4 is 83.8 Å². The molecule has 0 fully saturated rings. The standard InChI is InChI=1S/C25H18Br2Cl3N3O2/c1-13(2)24-32-22-6-4-16(26)8-19(22)25(34)33(24)31-11-15-7-18(29)9-20(27)23(15)35-12-14-3-5-17(28)10-21(14)30/h3-11,13H,12H2,1-2H3. The molecule has 180 valence electrons. The molecule has 1 heterocycles. The Bertz CT molecular complexity index is 1520. The minimum Gasteiger partial charge on any atom is -0.487 e. The van der Waals surface area contributed by atoms with Gasteiger partial charge in [0.1, 0.15) is 18.2 Å². The fourth-order valence-electron chi connectivity index (χ4n) is 3.39. The number of hydrogen-bond acceptors (Lipinski definition) is 4. The molecule has 0 atom stereocenters. The summed E-state index contributed by atoms with van der Waals surface area (Å²) in [5.41, 5.74) is 1.68. The van der Waals surface area contributed by atoms with Crippen LogP contribution in [0.2, 0.25) is 15.1 Å². The normalized spacial score (nSPS) is 11.7. The Hall–Kier alpha value is -1.90. The summed E-state index contributed by atoms with van der Waals surface area (Å²) in [5.74, 6) is 0.999. The van der Waals surface area contributed by atoms with Gasteiger partial charge in [-0.2, -0.15) is 9.78 Å². The van der Waals surface area contributed by atoms with E-state index in [4.69, 9.17) is 39.5 Å². The van der Waals surface area contributed by atoms with Gasteiger partial charge in [0.25, 0.3) is 5.56 Å². The lowest BCUT2D eigenvalue weighted by atomic mass is 10.2. The molecule has 10 heteroatoms. The number of rotatable bonds is 6. The largest absolute Gasteiger partial charge is 0.487 e. The molecule has 0 radical (unpaired) electrons. The summed E-state index contributed by atoms with van der Waals surface area (Å²) in [6.45, 7) is 4.11. The third kappa shape index (κ3) is 5.92. The van der Waals surface area contributed by atoms with Gasteiger partial charge in [-0.3, -0.25) is 4.79 Å². The highest BCUT2D eigenvalue weighted by atomic mass is 79.9. The minimum absolute atomic E-state index is 0.0400. The lowest BCUT2D eigenvalue weighted by Gasteiger charge is -2.14. The van der Waals surface area contributed by atoms with Crippen LogP contribution in [0.5, 0.6) is 5.75 Å². The van der Waals surface area contributed by atoms with Crippen LogP contribution in [-0.2, 0) is 6.61 Å². The first kappa shape index (κ1) is 26.2. The van der Waals surface area contributed by atoms with Crippen LogP contribution < -0.4 is 10.3 Å². The molecule has 0 spiro atoms. The Kier molecular flexibility index (Phi) is 8.23. The molecule has 0 aliphatic carbocycles. The zero-order valence-corrected chi connectivity index (χ0v) is 24.0. The maximum atomic E-state index is 13.3. The van der Waals surface area contributed by atoms with Gasteiger partial charge in [0.15, 0.2) is 0 Å². The molecule has 3 aromatic carbocycles. The maximum Gasteiger partial charge on any atom is 0.282 e. The van der Waals surface area contributed by atoms with Crippen LogP contribution in [0.15, 0.2) is 67.4 Å². The van der Waals surface area contributed by atoms with Crippen LogP contribution in [0.4, 0.5) is 0 Å². The summed E-state index contributed by atoms with van der Waals surface area (Å²) in [5, 5.41) is 6.48. The maximum absolute atomic E-state index is 13.3. The van der Waals surface area contributed by atoms with Gasteiger partial charge >= 0.3 is 0 Å². The van der Waals surface area contributed by atoms with E-state index >= 15 is 0 Å². The first-order chi connectivity index (χ1) is 16.6. The van der Waals surface area contributed by atoms with Crippen LogP contribution in [-0.4, -0.2) is 15.9 Å². The zero-order valence-electron chi connectivity index (χ0n) is 18.5. The Balaban J connectivity index is 1.77. The average Bonchev–Trinajstić information content (AvgIpc) is 2.79. The number of aromatic nitrogens is 2. The predicted molar refractivity (Wildman–Crippen MR) is 151 cm³/mol. The second kappa shape index (κ2) is 11.0. The summed E-state index contributed by atoms with van der Waals surface area (Å²) in [7, 11) is 0. The molecule has 0 saturated heterocycles. The van der Waals surface area contributed by atoms with E-state index in [1.807, 2.05) is 26.0 Å². The summed E-state index contributed by atoms with van der Waals surface area (Å²) in [6.07, 6.45) is 1.54. The number of nitrogens with zero attached hydrogens (tertiary/aromatic N) is 3. The van der Waals surface area contributed by atoms with Gasteiger partial charge in [-0.1, -0.05) is 70.6 Å². The lowest BCUT2D eigenvalue weighted by Crippen LogP contribution is -2.23.